The number of nitrogens with two attached hydrogens (primary N) is 1. The molecule has 8 nitrogen and oxygen atoms in total. The van der Waals surface area contributed by atoms with Crippen LogP contribution >= 0.6 is 0 Å². The summed E-state index contributed by atoms with van der Waals surface area (Å²) < 4.78 is 30.9. The fraction of sp³-hybridized carbons (Fsp3) is 0.100. The lowest BCUT2D eigenvalue weighted by Gasteiger charge is -2.06. The molecule has 0 aliphatic heterocycles. The Hall–Kier alpha value is -2.44. The molecule has 0 saturated heterocycles. The van der Waals surface area contributed by atoms with E-state index in [9.17, 15) is 8.42 Å². The highest BCUT2D eigenvalue weighted by Crippen LogP contribution is 2.19. The van der Waals surface area contributed by atoms with E-state index >= 15 is 0 Å². The lowest BCUT2D eigenvalue weighted by molar-refractivity contribution is 0.482. The maximum Gasteiger partial charge on any atom is 0.294 e. The Kier molecular flexibility index (Phi) is 4.21. The van der Waals surface area contributed by atoms with E-state index in [-0.39, 0.29) is 10.6 Å². The molecule has 0 spiro atoms. The largest absolute Gasteiger partial charge is 0.382 e. The predicted octanol–water partition coefficient (Wildman–Crippen LogP) is 0.469. The number of aryl methyl sites for hydroxylation is 1. The van der Waals surface area contributed by atoms with Crippen LogP contribution in [0.1, 0.15) is 5.56 Å². The van der Waals surface area contributed by atoms with E-state index in [1.165, 1.54) is 25.1 Å². The standard InChI is InChI=1S/C10H11N5O3S/c1-6-4-7(2-3-9(6)19(16,17)18)14-15-8(5-11)10(12)13/h2-4,14H,1H3,(H3,12,13)(H,16,17,18)/b15-8+. The molecule has 0 bridgehead atoms. The third-order valence-corrected chi connectivity index (χ3v) is 3.12. The van der Waals surface area contributed by atoms with Crippen molar-refractivity contribution in [1.29, 1.82) is 10.7 Å². The van der Waals surface area contributed by atoms with Crippen molar-refractivity contribution in [2.45, 2.75) is 11.8 Å². The van der Waals surface area contributed by atoms with Crippen molar-refractivity contribution in [1.82, 2.24) is 0 Å². The fourth-order valence-corrected chi connectivity index (χ4v) is 1.98. The van der Waals surface area contributed by atoms with Crippen LogP contribution < -0.4 is 11.2 Å². The van der Waals surface area contributed by atoms with Crippen molar-refractivity contribution >= 4 is 27.4 Å². The second-order valence-corrected chi connectivity index (χ2v) is 4.94. The molecule has 0 aliphatic rings. The first-order valence-electron chi connectivity index (χ1n) is 4.92. The summed E-state index contributed by atoms with van der Waals surface area (Å²) in [6.45, 7) is 1.49. The predicted molar refractivity (Wildman–Crippen MR) is 69.6 cm³/mol. The Morgan fingerprint density at radius 2 is 2.21 bits per heavy atom. The summed E-state index contributed by atoms with van der Waals surface area (Å²) >= 11 is 0. The SMILES string of the molecule is Cc1cc(N/N=C(\C#N)C(=N)N)ccc1S(=O)(=O)O. The maximum atomic E-state index is 11.0. The van der Waals surface area contributed by atoms with Gasteiger partial charge in [0.15, 0.2) is 5.84 Å². The van der Waals surface area contributed by atoms with Crippen LogP contribution in [0.25, 0.3) is 0 Å². The van der Waals surface area contributed by atoms with Crippen molar-refractivity contribution in [2.24, 2.45) is 10.8 Å². The molecule has 19 heavy (non-hydrogen) atoms. The molecule has 0 aliphatic carbocycles. The highest BCUT2D eigenvalue weighted by atomic mass is 32.2. The Morgan fingerprint density at radius 1 is 1.58 bits per heavy atom. The summed E-state index contributed by atoms with van der Waals surface area (Å²) in [6, 6.07) is 5.60. The highest BCUT2D eigenvalue weighted by molar-refractivity contribution is 7.85. The van der Waals surface area contributed by atoms with E-state index in [0.717, 1.165) is 0 Å². The second kappa shape index (κ2) is 5.47. The van der Waals surface area contributed by atoms with Crippen molar-refractivity contribution in [3.05, 3.63) is 23.8 Å². The zero-order valence-electron chi connectivity index (χ0n) is 9.88. The molecule has 1 rings (SSSR count). The number of hydrogen-bond donors (Lipinski definition) is 4. The normalized spacial score (nSPS) is 11.7. The topological polar surface area (TPSA) is 152 Å². The van der Waals surface area contributed by atoms with Gasteiger partial charge in [0.1, 0.15) is 6.07 Å². The smallest absolute Gasteiger partial charge is 0.294 e. The number of nitriles is 1. The quantitative estimate of drug-likeness (QED) is 0.272. The van der Waals surface area contributed by atoms with Gasteiger partial charge in [0.25, 0.3) is 10.1 Å². The molecular weight excluding hydrogens is 270 g/mol. The Morgan fingerprint density at radius 3 is 2.63 bits per heavy atom. The van der Waals surface area contributed by atoms with Crippen LogP contribution in [0.5, 0.6) is 0 Å². The van der Waals surface area contributed by atoms with Crippen molar-refractivity contribution in [2.75, 3.05) is 5.43 Å². The minimum absolute atomic E-state index is 0.214. The lowest BCUT2D eigenvalue weighted by atomic mass is 10.2. The van der Waals surface area contributed by atoms with Crippen molar-refractivity contribution < 1.29 is 13.0 Å². The number of hydrogen-bond acceptors (Lipinski definition) is 6. The minimum Gasteiger partial charge on any atom is -0.382 e. The Bertz CT molecular complexity index is 688. The molecule has 5 N–H and O–H groups in total. The summed E-state index contributed by atoms with van der Waals surface area (Å²) in [6.07, 6.45) is 0. The van der Waals surface area contributed by atoms with Gasteiger partial charge >= 0.3 is 0 Å². The molecular formula is C10H11N5O3S. The summed E-state index contributed by atoms with van der Waals surface area (Å²) in [7, 11) is -4.27. The van der Waals surface area contributed by atoms with Gasteiger partial charge in [-0.1, -0.05) is 0 Å². The van der Waals surface area contributed by atoms with Gasteiger partial charge in [0.05, 0.1) is 10.6 Å². The fourth-order valence-electron chi connectivity index (χ4n) is 1.27. The maximum absolute atomic E-state index is 11.0. The van der Waals surface area contributed by atoms with Gasteiger partial charge in [-0.3, -0.25) is 15.4 Å². The van der Waals surface area contributed by atoms with Gasteiger partial charge < -0.3 is 5.73 Å². The summed E-state index contributed by atoms with van der Waals surface area (Å²) in [5, 5.41) is 19.3. The number of benzene rings is 1. The summed E-state index contributed by atoms with van der Waals surface area (Å²) in [5.41, 5.74) is 7.97. The van der Waals surface area contributed by atoms with E-state index in [0.29, 0.717) is 11.3 Å². The van der Waals surface area contributed by atoms with Crippen molar-refractivity contribution in [3.8, 4) is 6.07 Å². The lowest BCUT2D eigenvalue weighted by Crippen LogP contribution is -2.21. The molecule has 0 unspecified atom stereocenters. The van der Waals surface area contributed by atoms with Crippen LogP contribution in [0.4, 0.5) is 5.69 Å². The zero-order chi connectivity index (χ0) is 14.6. The van der Waals surface area contributed by atoms with Crippen LogP contribution in [0.15, 0.2) is 28.2 Å². The molecule has 9 heteroatoms. The van der Waals surface area contributed by atoms with Gasteiger partial charge in [-0.25, -0.2) is 0 Å². The number of rotatable bonds is 4. The van der Waals surface area contributed by atoms with Crippen LogP contribution in [-0.4, -0.2) is 24.5 Å². The number of anilines is 1. The van der Waals surface area contributed by atoms with Gasteiger partial charge in [0, 0.05) is 0 Å². The van der Waals surface area contributed by atoms with Gasteiger partial charge in [0.2, 0.25) is 5.71 Å². The second-order valence-electron chi connectivity index (χ2n) is 3.55. The average Bonchev–Trinajstić information content (AvgIpc) is 2.27. The monoisotopic (exact) mass is 281 g/mol. The van der Waals surface area contributed by atoms with E-state index in [2.05, 4.69) is 10.5 Å². The number of nitrogens with one attached hydrogen (secondary N) is 2. The van der Waals surface area contributed by atoms with Gasteiger partial charge in [-0.15, -0.1) is 0 Å². The van der Waals surface area contributed by atoms with Gasteiger partial charge in [-0.2, -0.15) is 18.8 Å². The molecule has 0 atom stereocenters. The van der Waals surface area contributed by atoms with Crippen molar-refractivity contribution in [3.63, 3.8) is 0 Å². The molecule has 1 aromatic rings. The molecule has 0 radical (unpaired) electrons. The molecule has 0 heterocycles. The third-order valence-electron chi connectivity index (χ3n) is 2.11. The van der Waals surface area contributed by atoms with Crippen LogP contribution in [0.2, 0.25) is 0 Å². The van der Waals surface area contributed by atoms with E-state index in [1.807, 2.05) is 0 Å². The number of amidine groups is 1. The highest BCUT2D eigenvalue weighted by Gasteiger charge is 2.12. The zero-order valence-corrected chi connectivity index (χ0v) is 10.7. The Labute approximate surface area is 109 Å². The third kappa shape index (κ3) is 3.77. The number of nitrogens with zero attached hydrogens (tertiary/aromatic N) is 2. The first kappa shape index (κ1) is 14.6. The molecule has 0 saturated carbocycles. The molecule has 0 aromatic heterocycles. The van der Waals surface area contributed by atoms with Gasteiger partial charge in [-0.05, 0) is 30.7 Å². The molecule has 1 aromatic carbocycles. The van der Waals surface area contributed by atoms with E-state index < -0.39 is 16.0 Å². The van der Waals surface area contributed by atoms with Crippen LogP contribution in [0.3, 0.4) is 0 Å². The summed E-state index contributed by atoms with van der Waals surface area (Å²) in [4.78, 5) is -0.214. The first-order valence-corrected chi connectivity index (χ1v) is 6.36. The minimum atomic E-state index is -4.27. The molecule has 0 amide bonds. The van der Waals surface area contributed by atoms with Crippen LogP contribution in [0, 0.1) is 23.7 Å². The van der Waals surface area contributed by atoms with E-state index in [1.54, 1.807) is 6.07 Å². The van der Waals surface area contributed by atoms with Crippen LogP contribution in [-0.2, 0) is 10.1 Å². The first-order chi connectivity index (χ1) is 8.75. The molecule has 0 fully saturated rings. The summed E-state index contributed by atoms with van der Waals surface area (Å²) in [5.74, 6) is -0.485. The van der Waals surface area contributed by atoms with E-state index in [4.69, 9.17) is 21.0 Å². The average molecular weight is 281 g/mol. The Balaban J connectivity index is 3.05. The number of hydrazone groups is 1. The molecule has 100 valence electrons.